The van der Waals surface area contributed by atoms with E-state index in [1.54, 1.807) is 0 Å². The fourth-order valence-electron chi connectivity index (χ4n) is 3.12. The van der Waals surface area contributed by atoms with Crippen LogP contribution < -0.4 is 10.6 Å². The Hall–Kier alpha value is -2.59. The van der Waals surface area contributed by atoms with E-state index in [1.165, 1.54) is 0 Å². The molecule has 0 spiro atoms. The average Bonchev–Trinajstić information content (AvgIpc) is 2.67. The minimum absolute atomic E-state index is 1.13. The SMILES string of the molecule is O=[PH](c1c(C(F)(F)F)cc(C(F)(F)F)cc1C(F)(F)F)c1c(C(F)(F)F)cc(C(F)(F)F)cc1C(F)(F)F. The summed E-state index contributed by atoms with van der Waals surface area (Å²) in [6.45, 7) is 0. The maximum Gasteiger partial charge on any atom is 0.417 e. The molecule has 0 heterocycles. The first kappa shape index (κ1) is 31.6. The van der Waals surface area contributed by atoms with Crippen molar-refractivity contribution < 1.29 is 83.6 Å². The van der Waals surface area contributed by atoms with E-state index in [0.717, 1.165) is 0 Å². The minimum atomic E-state index is -6.38. The van der Waals surface area contributed by atoms with E-state index in [1.807, 2.05) is 0 Å². The second-order valence-corrected chi connectivity index (χ2v) is 8.87. The van der Waals surface area contributed by atoms with Gasteiger partial charge in [0, 0.05) is 10.6 Å². The van der Waals surface area contributed by atoms with Crippen molar-refractivity contribution in [3.8, 4) is 0 Å². The van der Waals surface area contributed by atoms with Gasteiger partial charge in [-0.05, 0) is 24.3 Å². The normalized spacial score (nSPS) is 14.4. The van der Waals surface area contributed by atoms with E-state index in [9.17, 15) is 83.6 Å². The molecule has 2 rings (SSSR count). The molecule has 2 aromatic carbocycles. The number of halogens is 18. The second kappa shape index (κ2) is 9.26. The third-order valence-electron chi connectivity index (χ3n) is 4.61. The van der Waals surface area contributed by atoms with Crippen LogP contribution in [-0.4, -0.2) is 0 Å². The van der Waals surface area contributed by atoms with Crippen molar-refractivity contribution in [2.45, 2.75) is 37.1 Å². The van der Waals surface area contributed by atoms with Crippen molar-refractivity contribution in [2.75, 3.05) is 0 Å². The number of hydrogen-bond donors (Lipinski definition) is 0. The van der Waals surface area contributed by atoms with Gasteiger partial charge in [-0.15, -0.1) is 0 Å². The summed E-state index contributed by atoms with van der Waals surface area (Å²) in [7, 11) is -5.98. The second-order valence-electron chi connectivity index (χ2n) is 7.21. The number of alkyl halides is 18. The third kappa shape index (κ3) is 6.51. The van der Waals surface area contributed by atoms with Crippen molar-refractivity contribution in [2.24, 2.45) is 0 Å². The van der Waals surface area contributed by atoms with Crippen molar-refractivity contribution in [1.82, 2.24) is 0 Å². The van der Waals surface area contributed by atoms with Gasteiger partial charge in [0.1, 0.15) is 7.80 Å². The standard InChI is InChI=1S/C18H5F18OP/c19-13(20,21)5-1-7(15(25,26)27)11(8(2-5)16(28,29)30)38(37)12-9(17(31,32)33)3-6(14(22,23)24)4-10(12)18(34,35)36/h1-4,38H. The molecule has 1 nitrogen and oxygen atoms in total. The Balaban J connectivity index is 3.24. The van der Waals surface area contributed by atoms with E-state index >= 15 is 0 Å². The van der Waals surface area contributed by atoms with Gasteiger partial charge in [-0.1, -0.05) is 0 Å². The molecule has 0 aromatic heterocycles. The van der Waals surface area contributed by atoms with Crippen LogP contribution in [0.15, 0.2) is 24.3 Å². The molecule has 0 fully saturated rings. The zero-order chi connectivity index (χ0) is 30.0. The maximum atomic E-state index is 13.5. The molecular formula is C18H5F18OP. The molecular weight excluding hydrogens is 605 g/mol. The number of benzene rings is 2. The zero-order valence-corrected chi connectivity index (χ0v) is 18.0. The summed E-state index contributed by atoms with van der Waals surface area (Å²) in [6.07, 6.45) is -37.5. The Kier molecular flexibility index (Phi) is 7.71. The Bertz CT molecular complexity index is 1070. The monoisotopic (exact) mass is 610 g/mol. The van der Waals surface area contributed by atoms with E-state index in [4.69, 9.17) is 0 Å². The van der Waals surface area contributed by atoms with Crippen molar-refractivity contribution in [1.29, 1.82) is 0 Å². The van der Waals surface area contributed by atoms with Crippen LogP contribution in [0, 0.1) is 0 Å². The summed E-state index contributed by atoms with van der Waals surface area (Å²) in [6, 6.07) is -4.51. The minimum Gasteiger partial charge on any atom is -0.317 e. The highest BCUT2D eigenvalue weighted by Gasteiger charge is 2.50. The first-order chi connectivity index (χ1) is 16.6. The molecule has 0 saturated heterocycles. The topological polar surface area (TPSA) is 17.1 Å². The smallest absolute Gasteiger partial charge is 0.317 e. The molecule has 0 unspecified atom stereocenters. The van der Waals surface area contributed by atoms with Gasteiger partial charge in [-0.2, -0.15) is 79.0 Å². The van der Waals surface area contributed by atoms with E-state index in [0.29, 0.717) is 0 Å². The molecule has 0 radical (unpaired) electrons. The summed E-state index contributed by atoms with van der Waals surface area (Å²) in [5, 5.41) is -5.89. The Labute approximate surface area is 197 Å². The molecule has 0 saturated carbocycles. The molecule has 0 N–H and O–H groups in total. The largest absolute Gasteiger partial charge is 0.417 e. The molecule has 214 valence electrons. The van der Waals surface area contributed by atoms with Crippen LogP contribution in [0.1, 0.15) is 33.4 Å². The first-order valence-electron chi connectivity index (χ1n) is 8.92. The Morgan fingerprint density at radius 2 is 0.553 bits per heavy atom. The molecule has 0 aliphatic carbocycles. The van der Waals surface area contributed by atoms with Gasteiger partial charge in [0.2, 0.25) is 0 Å². The van der Waals surface area contributed by atoms with E-state index in [-0.39, 0.29) is 0 Å². The highest BCUT2D eigenvalue weighted by molar-refractivity contribution is 7.62. The molecule has 0 bridgehead atoms. The van der Waals surface area contributed by atoms with Gasteiger partial charge in [0.25, 0.3) is 0 Å². The van der Waals surface area contributed by atoms with Gasteiger partial charge >= 0.3 is 37.1 Å². The van der Waals surface area contributed by atoms with Crippen LogP contribution in [0.3, 0.4) is 0 Å². The zero-order valence-electron chi connectivity index (χ0n) is 17.0. The van der Waals surface area contributed by atoms with Gasteiger partial charge in [-0.3, -0.25) is 0 Å². The lowest BCUT2D eigenvalue weighted by molar-refractivity contribution is -0.149. The van der Waals surface area contributed by atoms with E-state index < -0.39 is 113 Å². The number of rotatable bonds is 2. The summed E-state index contributed by atoms with van der Waals surface area (Å²) >= 11 is 0. The summed E-state index contributed by atoms with van der Waals surface area (Å²) in [5.74, 6) is 0. The highest BCUT2D eigenvalue weighted by atomic mass is 31.1. The van der Waals surface area contributed by atoms with Gasteiger partial charge < -0.3 is 4.57 Å². The molecule has 20 heteroatoms. The Morgan fingerprint density at radius 1 is 0.368 bits per heavy atom. The number of hydrogen-bond acceptors (Lipinski definition) is 1. The van der Waals surface area contributed by atoms with Gasteiger partial charge in [0.15, 0.2) is 0 Å². The van der Waals surface area contributed by atoms with Crippen molar-refractivity contribution in [3.63, 3.8) is 0 Å². The van der Waals surface area contributed by atoms with Crippen LogP contribution in [0.25, 0.3) is 0 Å². The molecule has 0 atom stereocenters. The first-order valence-corrected chi connectivity index (χ1v) is 10.3. The van der Waals surface area contributed by atoms with Crippen LogP contribution in [-0.2, 0) is 41.6 Å². The molecule has 38 heavy (non-hydrogen) atoms. The Morgan fingerprint density at radius 3 is 0.684 bits per heavy atom. The van der Waals surface area contributed by atoms with Crippen LogP contribution >= 0.6 is 7.80 Å². The average molecular weight is 610 g/mol. The lowest BCUT2D eigenvalue weighted by Gasteiger charge is -2.25. The fraction of sp³-hybridized carbons (Fsp3) is 0.333. The predicted molar refractivity (Wildman–Crippen MR) is 91.2 cm³/mol. The van der Waals surface area contributed by atoms with Crippen molar-refractivity contribution in [3.05, 3.63) is 57.6 Å². The van der Waals surface area contributed by atoms with E-state index in [2.05, 4.69) is 0 Å². The molecule has 0 amide bonds. The third-order valence-corrected chi connectivity index (χ3v) is 6.59. The summed E-state index contributed by atoms with van der Waals surface area (Å²) in [4.78, 5) is 0. The van der Waals surface area contributed by atoms with Crippen LogP contribution in [0.2, 0.25) is 0 Å². The maximum absolute atomic E-state index is 13.5. The lowest BCUT2D eigenvalue weighted by Crippen LogP contribution is -2.33. The van der Waals surface area contributed by atoms with Crippen LogP contribution in [0.5, 0.6) is 0 Å². The quantitative estimate of drug-likeness (QED) is 0.247. The van der Waals surface area contributed by atoms with Gasteiger partial charge in [0.05, 0.1) is 33.4 Å². The lowest BCUT2D eigenvalue weighted by atomic mass is 10.0. The molecule has 0 aliphatic heterocycles. The highest BCUT2D eigenvalue weighted by Crippen LogP contribution is 2.47. The van der Waals surface area contributed by atoms with Crippen molar-refractivity contribution >= 4 is 18.4 Å². The molecule has 2 aromatic rings. The van der Waals surface area contributed by atoms with Crippen LogP contribution in [0.4, 0.5) is 79.0 Å². The molecule has 0 aliphatic rings. The fourth-order valence-corrected chi connectivity index (χ4v) is 5.20. The summed E-state index contributed by atoms with van der Waals surface area (Å²) < 4.78 is 253. The predicted octanol–water partition coefficient (Wildman–Crippen LogP) is 8.31. The summed E-state index contributed by atoms with van der Waals surface area (Å²) in [5.41, 5.74) is -18.1. The van der Waals surface area contributed by atoms with Gasteiger partial charge in [-0.25, -0.2) is 0 Å².